The van der Waals surface area contributed by atoms with E-state index in [0.717, 1.165) is 0 Å². The minimum atomic E-state index is -0.494. The van der Waals surface area contributed by atoms with Crippen molar-refractivity contribution in [1.82, 2.24) is 0 Å². The molecule has 0 atom stereocenters. The molecule has 0 aliphatic heterocycles. The Morgan fingerprint density at radius 1 is 1.54 bits per heavy atom. The van der Waals surface area contributed by atoms with Gasteiger partial charge in [-0.2, -0.15) is 0 Å². The molecule has 0 aromatic heterocycles. The molecule has 0 bridgehead atoms. The lowest BCUT2D eigenvalue weighted by Gasteiger charge is -2.13. The number of non-ortho nitro benzene ring substituents is 1. The van der Waals surface area contributed by atoms with E-state index in [0.29, 0.717) is 11.4 Å². The van der Waals surface area contributed by atoms with Gasteiger partial charge in [-0.15, -0.1) is 0 Å². The van der Waals surface area contributed by atoms with Gasteiger partial charge in [-0.3, -0.25) is 10.1 Å². The highest BCUT2D eigenvalue weighted by atomic mass is 16.6. The third-order valence-electron chi connectivity index (χ3n) is 1.60. The molecular formula is C7H10N4O2. The molecule has 0 amide bonds. The summed E-state index contributed by atoms with van der Waals surface area (Å²) in [6, 6.07) is 4.12. The molecule has 0 aliphatic rings. The van der Waals surface area contributed by atoms with Crippen molar-refractivity contribution in [3.63, 3.8) is 0 Å². The van der Waals surface area contributed by atoms with Crippen molar-refractivity contribution in [3.05, 3.63) is 28.3 Å². The van der Waals surface area contributed by atoms with Crippen LogP contribution >= 0.6 is 0 Å². The van der Waals surface area contributed by atoms with Crippen LogP contribution in [0.15, 0.2) is 18.2 Å². The van der Waals surface area contributed by atoms with E-state index in [1.165, 1.54) is 23.2 Å². The standard InChI is InChI=1S/C7H10N4O2/c1-10(9)7-4-5(11(12)13)2-3-6(7)8/h2-4H,8-9H2,1H3. The third-order valence-corrected chi connectivity index (χ3v) is 1.60. The van der Waals surface area contributed by atoms with Crippen molar-refractivity contribution in [1.29, 1.82) is 0 Å². The number of nitro benzene ring substituents is 1. The number of nitro groups is 1. The maximum atomic E-state index is 10.4. The monoisotopic (exact) mass is 182 g/mol. The van der Waals surface area contributed by atoms with E-state index in [2.05, 4.69) is 0 Å². The summed E-state index contributed by atoms with van der Waals surface area (Å²) in [7, 11) is 1.56. The van der Waals surface area contributed by atoms with E-state index in [1.807, 2.05) is 0 Å². The van der Waals surface area contributed by atoms with Crippen LogP contribution in [0.1, 0.15) is 0 Å². The molecule has 0 aliphatic carbocycles. The SMILES string of the molecule is CN(N)c1cc([N+](=O)[O-])ccc1N. The maximum absolute atomic E-state index is 10.4. The van der Waals surface area contributed by atoms with Crippen LogP contribution in [0.4, 0.5) is 17.1 Å². The third kappa shape index (κ3) is 1.85. The highest BCUT2D eigenvalue weighted by Gasteiger charge is 2.09. The number of hydrogen-bond acceptors (Lipinski definition) is 5. The van der Waals surface area contributed by atoms with E-state index in [-0.39, 0.29) is 5.69 Å². The Bertz CT molecular complexity index is 337. The van der Waals surface area contributed by atoms with Crippen LogP contribution in [0.5, 0.6) is 0 Å². The first-order chi connectivity index (χ1) is 6.02. The van der Waals surface area contributed by atoms with Gasteiger partial charge < -0.3 is 10.7 Å². The fourth-order valence-electron chi connectivity index (χ4n) is 0.951. The Hall–Kier alpha value is -1.82. The number of nitrogens with two attached hydrogens (primary N) is 2. The number of nitrogens with zero attached hydrogens (tertiary/aromatic N) is 2. The summed E-state index contributed by atoms with van der Waals surface area (Å²) in [4.78, 5) is 9.90. The number of hydrogen-bond donors (Lipinski definition) is 2. The van der Waals surface area contributed by atoms with Crippen molar-refractivity contribution < 1.29 is 4.92 Å². The summed E-state index contributed by atoms with van der Waals surface area (Å²) in [5.74, 6) is 5.41. The Balaban J connectivity index is 3.19. The van der Waals surface area contributed by atoms with Gasteiger partial charge in [0.1, 0.15) is 0 Å². The van der Waals surface area contributed by atoms with Gasteiger partial charge in [-0.05, 0) is 6.07 Å². The Kier molecular flexibility index (Phi) is 2.34. The zero-order chi connectivity index (χ0) is 10.0. The smallest absolute Gasteiger partial charge is 0.271 e. The van der Waals surface area contributed by atoms with Crippen LogP contribution in [0.3, 0.4) is 0 Å². The van der Waals surface area contributed by atoms with Crippen molar-refractivity contribution in [3.8, 4) is 0 Å². The number of hydrazine groups is 1. The van der Waals surface area contributed by atoms with Crippen molar-refractivity contribution in [2.75, 3.05) is 17.8 Å². The Morgan fingerprint density at radius 3 is 2.62 bits per heavy atom. The molecule has 1 aromatic rings. The molecule has 1 aromatic carbocycles. The van der Waals surface area contributed by atoms with E-state index in [9.17, 15) is 10.1 Å². The molecule has 0 unspecified atom stereocenters. The first-order valence-electron chi connectivity index (χ1n) is 3.54. The first kappa shape index (κ1) is 9.27. The van der Waals surface area contributed by atoms with Gasteiger partial charge in [0.25, 0.3) is 5.69 Å². The molecule has 0 heterocycles. The number of rotatable bonds is 2. The maximum Gasteiger partial charge on any atom is 0.271 e. The lowest BCUT2D eigenvalue weighted by atomic mass is 10.2. The normalized spacial score (nSPS) is 9.69. The molecule has 1 rings (SSSR count). The van der Waals surface area contributed by atoms with E-state index >= 15 is 0 Å². The fraction of sp³-hybridized carbons (Fsp3) is 0.143. The lowest BCUT2D eigenvalue weighted by Crippen LogP contribution is -2.26. The highest BCUT2D eigenvalue weighted by molar-refractivity contribution is 5.69. The van der Waals surface area contributed by atoms with E-state index in [4.69, 9.17) is 11.6 Å². The minimum absolute atomic E-state index is 0.0264. The second kappa shape index (κ2) is 3.28. The Morgan fingerprint density at radius 2 is 2.15 bits per heavy atom. The summed E-state index contributed by atoms with van der Waals surface area (Å²) < 4.78 is 0. The van der Waals surface area contributed by atoms with Crippen molar-refractivity contribution in [2.45, 2.75) is 0 Å². The highest BCUT2D eigenvalue weighted by Crippen LogP contribution is 2.25. The van der Waals surface area contributed by atoms with Crippen LogP contribution in [0, 0.1) is 10.1 Å². The van der Waals surface area contributed by atoms with Gasteiger partial charge in [-0.1, -0.05) is 0 Å². The molecule has 13 heavy (non-hydrogen) atoms. The van der Waals surface area contributed by atoms with E-state index in [1.54, 1.807) is 7.05 Å². The summed E-state index contributed by atoms with van der Waals surface area (Å²) in [6.45, 7) is 0. The summed E-state index contributed by atoms with van der Waals surface area (Å²) in [5.41, 5.74) is 6.37. The predicted molar refractivity (Wildman–Crippen MR) is 50.1 cm³/mol. The molecule has 6 nitrogen and oxygen atoms in total. The van der Waals surface area contributed by atoms with Crippen LogP contribution in [-0.2, 0) is 0 Å². The van der Waals surface area contributed by atoms with Gasteiger partial charge in [0, 0.05) is 19.2 Å². The summed E-state index contributed by atoms with van der Waals surface area (Å²) in [5, 5.41) is 11.6. The zero-order valence-electron chi connectivity index (χ0n) is 7.10. The Labute approximate surface area is 74.9 Å². The molecule has 0 radical (unpaired) electrons. The van der Waals surface area contributed by atoms with Gasteiger partial charge in [-0.25, -0.2) is 5.84 Å². The van der Waals surface area contributed by atoms with Crippen LogP contribution in [0.25, 0.3) is 0 Å². The van der Waals surface area contributed by atoms with Crippen LogP contribution in [-0.4, -0.2) is 12.0 Å². The van der Waals surface area contributed by atoms with Gasteiger partial charge >= 0.3 is 0 Å². The fourth-order valence-corrected chi connectivity index (χ4v) is 0.951. The van der Waals surface area contributed by atoms with Gasteiger partial charge in [0.05, 0.1) is 16.3 Å². The molecule has 0 saturated heterocycles. The average Bonchev–Trinajstić information content (AvgIpc) is 2.04. The zero-order valence-corrected chi connectivity index (χ0v) is 7.10. The second-order valence-corrected chi connectivity index (χ2v) is 2.61. The van der Waals surface area contributed by atoms with Crippen LogP contribution < -0.4 is 16.6 Å². The predicted octanol–water partition coefficient (Wildman–Crippen LogP) is 0.487. The summed E-state index contributed by atoms with van der Waals surface area (Å²) >= 11 is 0. The second-order valence-electron chi connectivity index (χ2n) is 2.61. The van der Waals surface area contributed by atoms with Crippen molar-refractivity contribution >= 4 is 17.1 Å². The lowest BCUT2D eigenvalue weighted by molar-refractivity contribution is -0.384. The number of benzene rings is 1. The molecule has 4 N–H and O–H groups in total. The van der Waals surface area contributed by atoms with Crippen LogP contribution in [0.2, 0.25) is 0 Å². The minimum Gasteiger partial charge on any atom is -0.397 e. The van der Waals surface area contributed by atoms with E-state index < -0.39 is 4.92 Å². The molecule has 0 spiro atoms. The molecule has 6 heteroatoms. The van der Waals surface area contributed by atoms with Gasteiger partial charge in [0.15, 0.2) is 0 Å². The number of nitrogen functional groups attached to an aromatic ring is 1. The van der Waals surface area contributed by atoms with Crippen molar-refractivity contribution in [2.24, 2.45) is 5.84 Å². The average molecular weight is 182 g/mol. The van der Waals surface area contributed by atoms with Gasteiger partial charge in [0.2, 0.25) is 0 Å². The summed E-state index contributed by atoms with van der Waals surface area (Å²) in [6.07, 6.45) is 0. The molecule has 0 saturated carbocycles. The molecular weight excluding hydrogens is 172 g/mol. The molecule has 0 fully saturated rings. The first-order valence-corrected chi connectivity index (χ1v) is 3.54. The largest absolute Gasteiger partial charge is 0.397 e. The topological polar surface area (TPSA) is 98.4 Å². The quantitative estimate of drug-likeness (QED) is 0.300. The molecule has 70 valence electrons. The number of anilines is 2.